The fraction of sp³-hybridized carbons (Fsp3) is 0.333. The fourth-order valence-corrected chi connectivity index (χ4v) is 3.65. The Morgan fingerprint density at radius 3 is 2.94 bits per heavy atom. The van der Waals surface area contributed by atoms with Crippen LogP contribution in [0.1, 0.15) is 18.0 Å². The van der Waals surface area contributed by atoms with Crippen LogP contribution in [-0.2, 0) is 9.84 Å². The summed E-state index contributed by atoms with van der Waals surface area (Å²) in [6.07, 6.45) is 2.42. The highest BCUT2D eigenvalue weighted by Gasteiger charge is 2.29. The third-order valence-electron chi connectivity index (χ3n) is 2.81. The van der Waals surface area contributed by atoms with Gasteiger partial charge < -0.3 is 5.32 Å². The number of hydrogen-bond acceptors (Lipinski definition) is 3. The standard InChI is InChI=1S/C12H15NO2S/c1-2-8-13-11-7-9-16(14,15)12-6-4-3-5-10(11)12/h2-6,11,13H,1,7-9H2. The highest BCUT2D eigenvalue weighted by molar-refractivity contribution is 7.91. The van der Waals surface area contributed by atoms with Crippen LogP contribution in [0.3, 0.4) is 0 Å². The van der Waals surface area contributed by atoms with E-state index >= 15 is 0 Å². The lowest BCUT2D eigenvalue weighted by Crippen LogP contribution is -2.29. The highest BCUT2D eigenvalue weighted by atomic mass is 32.2. The summed E-state index contributed by atoms with van der Waals surface area (Å²) in [6.45, 7) is 4.34. The molecule has 2 rings (SSSR count). The van der Waals surface area contributed by atoms with E-state index < -0.39 is 9.84 Å². The molecule has 1 heterocycles. The van der Waals surface area contributed by atoms with Crippen LogP contribution < -0.4 is 5.32 Å². The van der Waals surface area contributed by atoms with Crippen LogP contribution in [0.2, 0.25) is 0 Å². The molecule has 0 spiro atoms. The molecule has 0 aliphatic carbocycles. The molecule has 4 heteroatoms. The second-order valence-corrected chi connectivity index (χ2v) is 5.97. The monoisotopic (exact) mass is 237 g/mol. The van der Waals surface area contributed by atoms with Gasteiger partial charge in [-0.2, -0.15) is 0 Å². The van der Waals surface area contributed by atoms with Gasteiger partial charge in [0.25, 0.3) is 0 Å². The molecule has 0 saturated heterocycles. The van der Waals surface area contributed by atoms with Crippen molar-refractivity contribution in [1.29, 1.82) is 0 Å². The fourth-order valence-electron chi connectivity index (χ4n) is 2.03. The zero-order chi connectivity index (χ0) is 11.6. The first-order chi connectivity index (χ1) is 7.65. The molecule has 16 heavy (non-hydrogen) atoms. The Morgan fingerprint density at radius 1 is 1.44 bits per heavy atom. The van der Waals surface area contributed by atoms with Gasteiger partial charge in [-0.1, -0.05) is 24.3 Å². The minimum Gasteiger partial charge on any atom is -0.306 e. The van der Waals surface area contributed by atoms with E-state index in [9.17, 15) is 8.42 Å². The van der Waals surface area contributed by atoms with E-state index in [1.807, 2.05) is 12.1 Å². The van der Waals surface area contributed by atoms with Crippen LogP contribution >= 0.6 is 0 Å². The van der Waals surface area contributed by atoms with E-state index in [0.29, 0.717) is 17.9 Å². The second-order valence-electron chi connectivity index (χ2n) is 3.89. The molecule has 1 aliphatic rings. The topological polar surface area (TPSA) is 46.2 Å². The number of sulfone groups is 1. The summed E-state index contributed by atoms with van der Waals surface area (Å²) < 4.78 is 23.7. The molecular formula is C12H15NO2S. The lowest BCUT2D eigenvalue weighted by atomic mass is 10.0. The van der Waals surface area contributed by atoms with E-state index in [1.165, 1.54) is 0 Å². The minimum atomic E-state index is -3.07. The van der Waals surface area contributed by atoms with Crippen molar-refractivity contribution < 1.29 is 8.42 Å². The second kappa shape index (κ2) is 4.39. The zero-order valence-electron chi connectivity index (χ0n) is 9.02. The van der Waals surface area contributed by atoms with Crippen molar-refractivity contribution in [2.75, 3.05) is 12.3 Å². The Kier molecular flexibility index (Phi) is 3.12. The Labute approximate surface area is 96.1 Å². The zero-order valence-corrected chi connectivity index (χ0v) is 9.83. The van der Waals surface area contributed by atoms with E-state index in [4.69, 9.17) is 0 Å². The molecule has 0 saturated carbocycles. The summed E-state index contributed by atoms with van der Waals surface area (Å²) in [5.74, 6) is 0.221. The summed E-state index contributed by atoms with van der Waals surface area (Å²) in [4.78, 5) is 0.475. The van der Waals surface area contributed by atoms with E-state index in [2.05, 4.69) is 11.9 Å². The van der Waals surface area contributed by atoms with Crippen molar-refractivity contribution in [2.45, 2.75) is 17.4 Å². The van der Waals surface area contributed by atoms with Crippen LogP contribution in [0, 0.1) is 0 Å². The van der Waals surface area contributed by atoms with Crippen LogP contribution in [0.25, 0.3) is 0 Å². The van der Waals surface area contributed by atoms with Crippen molar-refractivity contribution >= 4 is 9.84 Å². The van der Waals surface area contributed by atoms with Crippen LogP contribution in [-0.4, -0.2) is 20.7 Å². The number of nitrogens with one attached hydrogen (secondary N) is 1. The maximum absolute atomic E-state index is 11.8. The van der Waals surface area contributed by atoms with Gasteiger partial charge in [-0.05, 0) is 18.1 Å². The number of benzene rings is 1. The van der Waals surface area contributed by atoms with Gasteiger partial charge in [0.05, 0.1) is 10.6 Å². The number of rotatable bonds is 3. The number of fused-ring (bicyclic) bond motifs is 1. The van der Waals surface area contributed by atoms with E-state index in [-0.39, 0.29) is 11.8 Å². The smallest absolute Gasteiger partial charge is 0.178 e. The molecule has 0 aromatic heterocycles. The van der Waals surface area contributed by atoms with Crippen LogP contribution in [0.5, 0.6) is 0 Å². The molecule has 3 nitrogen and oxygen atoms in total. The molecule has 1 unspecified atom stereocenters. The molecule has 0 fully saturated rings. The van der Waals surface area contributed by atoms with E-state index in [0.717, 1.165) is 5.56 Å². The number of hydrogen-bond donors (Lipinski definition) is 1. The Morgan fingerprint density at radius 2 is 2.19 bits per heavy atom. The lowest BCUT2D eigenvalue weighted by molar-refractivity contribution is 0.514. The molecule has 1 N–H and O–H groups in total. The predicted octanol–water partition coefficient (Wildman–Crippen LogP) is 1.68. The molecule has 0 radical (unpaired) electrons. The summed E-state index contributed by atoms with van der Waals surface area (Å²) >= 11 is 0. The van der Waals surface area contributed by atoms with Gasteiger partial charge >= 0.3 is 0 Å². The predicted molar refractivity (Wildman–Crippen MR) is 64.1 cm³/mol. The van der Waals surface area contributed by atoms with Gasteiger partial charge in [-0.15, -0.1) is 6.58 Å². The first-order valence-electron chi connectivity index (χ1n) is 5.31. The SMILES string of the molecule is C=CCNC1CCS(=O)(=O)c2ccccc21. The Bertz CT molecular complexity index is 493. The molecule has 0 bridgehead atoms. The first kappa shape index (κ1) is 11.4. The molecule has 0 amide bonds. The maximum Gasteiger partial charge on any atom is 0.178 e. The average Bonchev–Trinajstić information content (AvgIpc) is 2.29. The normalized spacial score (nSPS) is 22.4. The Balaban J connectivity index is 2.39. The lowest BCUT2D eigenvalue weighted by Gasteiger charge is -2.25. The van der Waals surface area contributed by atoms with Gasteiger partial charge in [0.1, 0.15) is 0 Å². The molecular weight excluding hydrogens is 222 g/mol. The van der Waals surface area contributed by atoms with Crippen LogP contribution in [0.4, 0.5) is 0 Å². The summed E-state index contributed by atoms with van der Waals surface area (Å²) in [7, 11) is -3.07. The molecule has 86 valence electrons. The molecule has 1 aromatic rings. The van der Waals surface area contributed by atoms with Gasteiger partial charge in [0, 0.05) is 12.6 Å². The molecule has 1 aliphatic heterocycles. The molecule has 1 aromatic carbocycles. The van der Waals surface area contributed by atoms with E-state index in [1.54, 1.807) is 18.2 Å². The third-order valence-corrected chi connectivity index (χ3v) is 4.63. The van der Waals surface area contributed by atoms with Crippen molar-refractivity contribution in [2.24, 2.45) is 0 Å². The minimum absolute atomic E-state index is 0.123. The van der Waals surface area contributed by atoms with Crippen molar-refractivity contribution in [3.63, 3.8) is 0 Å². The van der Waals surface area contributed by atoms with Gasteiger partial charge in [0.15, 0.2) is 9.84 Å². The summed E-state index contributed by atoms with van der Waals surface area (Å²) in [5.41, 5.74) is 0.885. The van der Waals surface area contributed by atoms with Crippen LogP contribution in [0.15, 0.2) is 41.8 Å². The average molecular weight is 237 g/mol. The maximum atomic E-state index is 11.8. The summed E-state index contributed by atoms with van der Waals surface area (Å²) in [6, 6.07) is 7.34. The van der Waals surface area contributed by atoms with Crippen molar-refractivity contribution in [3.05, 3.63) is 42.5 Å². The van der Waals surface area contributed by atoms with Gasteiger partial charge in [-0.25, -0.2) is 8.42 Å². The Hall–Kier alpha value is -1.13. The van der Waals surface area contributed by atoms with Crippen molar-refractivity contribution in [1.82, 2.24) is 5.32 Å². The van der Waals surface area contributed by atoms with Gasteiger partial charge in [0.2, 0.25) is 0 Å². The summed E-state index contributed by atoms with van der Waals surface area (Å²) in [5, 5.41) is 3.28. The first-order valence-corrected chi connectivity index (χ1v) is 6.96. The van der Waals surface area contributed by atoms with Gasteiger partial charge in [-0.3, -0.25) is 0 Å². The third kappa shape index (κ3) is 2.03. The highest BCUT2D eigenvalue weighted by Crippen LogP contribution is 2.31. The van der Waals surface area contributed by atoms with Crippen molar-refractivity contribution in [3.8, 4) is 0 Å². The quantitative estimate of drug-likeness (QED) is 0.814. The largest absolute Gasteiger partial charge is 0.306 e. The molecule has 1 atom stereocenters.